The Kier molecular flexibility index (Phi) is 3.63. The van der Waals surface area contributed by atoms with Crippen molar-refractivity contribution in [1.29, 1.82) is 0 Å². The molecular weight excluding hydrogens is 232 g/mol. The molecular formula is C10H18O3S2. The van der Waals surface area contributed by atoms with Crippen LogP contribution in [0.4, 0.5) is 0 Å². The monoisotopic (exact) mass is 250 g/mol. The first-order chi connectivity index (χ1) is 7.07. The Balaban J connectivity index is 1.97. The Morgan fingerprint density at radius 3 is 2.53 bits per heavy atom. The van der Waals surface area contributed by atoms with E-state index in [1.807, 2.05) is 0 Å². The molecule has 0 amide bonds. The predicted molar refractivity (Wildman–Crippen MR) is 62.0 cm³/mol. The maximum Gasteiger partial charge on any atom is 0.150 e. The minimum absolute atomic E-state index is 0.285. The molecule has 0 aliphatic carbocycles. The third-order valence-corrected chi connectivity index (χ3v) is 6.90. The molecule has 3 nitrogen and oxygen atoms in total. The van der Waals surface area contributed by atoms with Crippen LogP contribution >= 0.6 is 0 Å². The molecule has 0 bridgehead atoms. The molecule has 5 heteroatoms. The van der Waals surface area contributed by atoms with Gasteiger partial charge in [0.2, 0.25) is 0 Å². The fourth-order valence-corrected chi connectivity index (χ4v) is 6.15. The second-order valence-electron chi connectivity index (χ2n) is 4.73. The summed E-state index contributed by atoms with van der Waals surface area (Å²) in [5.41, 5.74) is 0. The molecule has 0 aromatic heterocycles. The van der Waals surface area contributed by atoms with Crippen LogP contribution in [0.5, 0.6) is 0 Å². The van der Waals surface area contributed by atoms with Crippen molar-refractivity contribution in [2.45, 2.75) is 25.7 Å². The smallest absolute Gasteiger partial charge is 0.150 e. The van der Waals surface area contributed by atoms with Gasteiger partial charge in [-0.15, -0.1) is 0 Å². The average molecular weight is 250 g/mol. The highest BCUT2D eigenvalue weighted by atomic mass is 32.2. The molecule has 2 aliphatic rings. The van der Waals surface area contributed by atoms with Crippen LogP contribution in [0.2, 0.25) is 0 Å². The molecule has 0 N–H and O–H groups in total. The first-order valence-corrected chi connectivity index (χ1v) is 8.93. The van der Waals surface area contributed by atoms with E-state index in [1.54, 1.807) is 0 Å². The Bertz CT molecular complexity index is 313. The lowest BCUT2D eigenvalue weighted by Gasteiger charge is -2.33. The number of hydrogen-bond acceptors (Lipinski definition) is 3. The molecule has 88 valence electrons. The normalized spacial score (nSPS) is 41.3. The minimum atomic E-state index is -2.80. The SMILES string of the molecule is O=S1(=O)CCCC(C2CCC[S+]([O-])C2)C1. The van der Waals surface area contributed by atoms with E-state index in [0.717, 1.165) is 37.2 Å². The van der Waals surface area contributed by atoms with Crippen LogP contribution in [0, 0.1) is 11.8 Å². The van der Waals surface area contributed by atoms with E-state index < -0.39 is 21.0 Å². The van der Waals surface area contributed by atoms with Crippen LogP contribution in [0.1, 0.15) is 25.7 Å². The van der Waals surface area contributed by atoms with Crippen molar-refractivity contribution in [2.24, 2.45) is 11.8 Å². The van der Waals surface area contributed by atoms with Gasteiger partial charge in [0.15, 0.2) is 9.84 Å². The summed E-state index contributed by atoms with van der Waals surface area (Å²) in [4.78, 5) is 0. The summed E-state index contributed by atoms with van der Waals surface area (Å²) in [6, 6.07) is 0. The molecule has 0 aromatic carbocycles. The number of hydrogen-bond donors (Lipinski definition) is 0. The molecule has 2 rings (SSSR count). The van der Waals surface area contributed by atoms with Crippen LogP contribution in [-0.2, 0) is 21.0 Å². The molecule has 0 aromatic rings. The Labute approximate surface area is 94.7 Å². The lowest BCUT2D eigenvalue weighted by Crippen LogP contribution is -2.36. The first kappa shape index (κ1) is 11.7. The average Bonchev–Trinajstić information content (AvgIpc) is 2.16. The third-order valence-electron chi connectivity index (χ3n) is 3.51. The van der Waals surface area contributed by atoms with Gasteiger partial charge in [-0.2, -0.15) is 0 Å². The minimum Gasteiger partial charge on any atom is -0.616 e. The van der Waals surface area contributed by atoms with Gasteiger partial charge >= 0.3 is 0 Å². The molecule has 2 aliphatic heterocycles. The second-order valence-corrected chi connectivity index (χ2v) is 8.58. The van der Waals surface area contributed by atoms with Crippen molar-refractivity contribution in [2.75, 3.05) is 23.0 Å². The van der Waals surface area contributed by atoms with E-state index in [1.165, 1.54) is 0 Å². The molecule has 3 unspecified atom stereocenters. The van der Waals surface area contributed by atoms with Crippen molar-refractivity contribution in [3.63, 3.8) is 0 Å². The van der Waals surface area contributed by atoms with Gasteiger partial charge in [0.1, 0.15) is 11.5 Å². The fraction of sp³-hybridized carbons (Fsp3) is 1.00. The van der Waals surface area contributed by atoms with Crippen LogP contribution in [-0.4, -0.2) is 36.0 Å². The fourth-order valence-electron chi connectivity index (χ4n) is 2.71. The summed E-state index contributed by atoms with van der Waals surface area (Å²) in [5.74, 6) is 2.94. The lowest BCUT2D eigenvalue weighted by molar-refractivity contribution is 0.324. The highest BCUT2D eigenvalue weighted by Gasteiger charge is 2.35. The highest BCUT2D eigenvalue weighted by Crippen LogP contribution is 2.32. The summed E-state index contributed by atoms with van der Waals surface area (Å²) < 4.78 is 34.5. The molecule has 2 saturated heterocycles. The largest absolute Gasteiger partial charge is 0.616 e. The van der Waals surface area contributed by atoms with Gasteiger partial charge < -0.3 is 4.55 Å². The predicted octanol–water partition coefficient (Wildman–Crippen LogP) is 0.970. The van der Waals surface area contributed by atoms with Crippen molar-refractivity contribution in [1.82, 2.24) is 0 Å². The maximum absolute atomic E-state index is 11.5. The summed E-state index contributed by atoms with van der Waals surface area (Å²) in [6.07, 6.45) is 3.90. The molecule has 15 heavy (non-hydrogen) atoms. The molecule has 0 spiro atoms. The van der Waals surface area contributed by atoms with Crippen LogP contribution < -0.4 is 0 Å². The summed E-state index contributed by atoms with van der Waals surface area (Å²) >= 11 is -0.692. The second kappa shape index (κ2) is 4.63. The zero-order valence-electron chi connectivity index (χ0n) is 8.85. The van der Waals surface area contributed by atoms with Gasteiger partial charge in [-0.25, -0.2) is 8.42 Å². The standard InChI is InChI=1S/C10H18O3S2/c11-14-5-1-3-9(7-14)10-4-2-6-15(12,13)8-10/h9-10H,1-8H2. The van der Waals surface area contributed by atoms with Crippen molar-refractivity contribution < 1.29 is 13.0 Å². The Morgan fingerprint density at radius 2 is 1.87 bits per heavy atom. The van der Waals surface area contributed by atoms with E-state index in [0.29, 0.717) is 17.4 Å². The van der Waals surface area contributed by atoms with Gasteiger partial charge in [0.05, 0.1) is 11.5 Å². The van der Waals surface area contributed by atoms with Crippen LogP contribution in [0.25, 0.3) is 0 Å². The molecule has 2 heterocycles. The summed E-state index contributed by atoms with van der Waals surface area (Å²) in [7, 11) is -2.80. The highest BCUT2D eigenvalue weighted by molar-refractivity contribution is 7.91. The Hall–Kier alpha value is 0.260. The first-order valence-electron chi connectivity index (χ1n) is 5.62. The molecule has 3 atom stereocenters. The van der Waals surface area contributed by atoms with Gasteiger partial charge in [-0.3, -0.25) is 0 Å². The lowest BCUT2D eigenvalue weighted by atomic mass is 9.87. The summed E-state index contributed by atoms with van der Waals surface area (Å²) in [5, 5.41) is 0. The van der Waals surface area contributed by atoms with E-state index in [9.17, 15) is 13.0 Å². The van der Waals surface area contributed by atoms with Gasteiger partial charge in [0.25, 0.3) is 0 Å². The van der Waals surface area contributed by atoms with Crippen molar-refractivity contribution >= 4 is 21.0 Å². The van der Waals surface area contributed by atoms with E-state index >= 15 is 0 Å². The van der Waals surface area contributed by atoms with Crippen LogP contribution in [0.15, 0.2) is 0 Å². The van der Waals surface area contributed by atoms with Crippen molar-refractivity contribution in [3.05, 3.63) is 0 Å². The maximum atomic E-state index is 11.5. The zero-order chi connectivity index (χ0) is 10.9. The molecule has 2 fully saturated rings. The zero-order valence-corrected chi connectivity index (χ0v) is 10.5. The van der Waals surface area contributed by atoms with Gasteiger partial charge in [-0.1, -0.05) is 11.2 Å². The molecule has 0 radical (unpaired) electrons. The van der Waals surface area contributed by atoms with E-state index in [2.05, 4.69) is 0 Å². The Morgan fingerprint density at radius 1 is 1.13 bits per heavy atom. The van der Waals surface area contributed by atoms with Gasteiger partial charge in [-0.05, 0) is 31.6 Å². The third kappa shape index (κ3) is 3.11. The van der Waals surface area contributed by atoms with E-state index in [4.69, 9.17) is 0 Å². The van der Waals surface area contributed by atoms with Crippen molar-refractivity contribution in [3.8, 4) is 0 Å². The summed E-state index contributed by atoms with van der Waals surface area (Å²) in [6.45, 7) is 0. The topological polar surface area (TPSA) is 57.2 Å². The molecule has 0 saturated carbocycles. The number of rotatable bonds is 1. The quantitative estimate of drug-likeness (QED) is 0.652. The van der Waals surface area contributed by atoms with E-state index in [-0.39, 0.29) is 5.92 Å². The van der Waals surface area contributed by atoms with Gasteiger partial charge in [0, 0.05) is 5.92 Å². The number of sulfone groups is 1. The van der Waals surface area contributed by atoms with Crippen LogP contribution in [0.3, 0.4) is 0 Å².